The minimum absolute atomic E-state index is 0.0541. The Morgan fingerprint density at radius 2 is 1.72 bits per heavy atom. The van der Waals surface area contributed by atoms with E-state index < -0.39 is 18.0 Å². The average Bonchev–Trinajstić information content (AvgIpc) is 2.58. The molecule has 6 nitrogen and oxygen atoms in total. The van der Waals surface area contributed by atoms with Crippen LogP contribution in [0, 0.1) is 0 Å². The van der Waals surface area contributed by atoms with Crippen molar-refractivity contribution < 1.29 is 19.1 Å². The van der Waals surface area contributed by atoms with Gasteiger partial charge in [-0.05, 0) is 36.8 Å². The summed E-state index contributed by atoms with van der Waals surface area (Å²) in [6.07, 6.45) is 2.36. The number of hydrogen-bond acceptors (Lipinski definition) is 6. The molecule has 0 radical (unpaired) electrons. The molecular formula is C19H20N2O4. The standard InChI is InChI=1S/C19H20N2O4/c1-13(25-19(23)15-9-16(20)11-17(21)10-15)12-24-18(22)8-7-14-5-3-2-4-6-14/h2-11,13H,12,20-21H2,1H3. The highest BCUT2D eigenvalue weighted by Gasteiger charge is 2.14. The Kier molecular flexibility index (Phi) is 6.17. The van der Waals surface area contributed by atoms with Crippen molar-refractivity contribution in [3.8, 4) is 0 Å². The first-order chi connectivity index (χ1) is 11.9. The van der Waals surface area contributed by atoms with E-state index in [1.54, 1.807) is 19.1 Å². The molecule has 0 aliphatic carbocycles. The molecule has 0 saturated carbocycles. The maximum absolute atomic E-state index is 12.0. The Morgan fingerprint density at radius 1 is 1.08 bits per heavy atom. The van der Waals surface area contributed by atoms with Gasteiger partial charge in [-0.2, -0.15) is 0 Å². The van der Waals surface area contributed by atoms with Crippen LogP contribution in [0.2, 0.25) is 0 Å². The van der Waals surface area contributed by atoms with Crippen LogP contribution in [0.3, 0.4) is 0 Å². The third kappa shape index (κ3) is 6.02. The fourth-order valence-corrected chi connectivity index (χ4v) is 2.06. The summed E-state index contributed by atoms with van der Waals surface area (Å²) in [6.45, 7) is 1.57. The normalized spacial score (nSPS) is 11.9. The van der Waals surface area contributed by atoms with E-state index in [-0.39, 0.29) is 12.2 Å². The van der Waals surface area contributed by atoms with Crippen LogP contribution in [0.1, 0.15) is 22.8 Å². The summed E-state index contributed by atoms with van der Waals surface area (Å²) in [4.78, 5) is 23.7. The minimum atomic E-state index is -0.607. The van der Waals surface area contributed by atoms with Gasteiger partial charge in [-0.1, -0.05) is 30.3 Å². The Hall–Kier alpha value is -3.28. The number of esters is 2. The molecule has 2 rings (SSSR count). The Morgan fingerprint density at radius 3 is 2.36 bits per heavy atom. The van der Waals surface area contributed by atoms with Crippen LogP contribution in [0.5, 0.6) is 0 Å². The van der Waals surface area contributed by atoms with Gasteiger partial charge in [-0.3, -0.25) is 0 Å². The van der Waals surface area contributed by atoms with E-state index in [1.807, 2.05) is 30.3 Å². The predicted octanol–water partition coefficient (Wildman–Crippen LogP) is 2.65. The van der Waals surface area contributed by atoms with Crippen LogP contribution in [-0.4, -0.2) is 24.6 Å². The molecular weight excluding hydrogens is 320 g/mol. The molecule has 6 heteroatoms. The van der Waals surface area contributed by atoms with E-state index in [0.29, 0.717) is 11.4 Å². The highest BCUT2D eigenvalue weighted by Crippen LogP contribution is 2.15. The molecule has 0 aliphatic rings. The monoisotopic (exact) mass is 340 g/mol. The molecule has 0 saturated heterocycles. The van der Waals surface area contributed by atoms with Crippen molar-refractivity contribution in [2.45, 2.75) is 13.0 Å². The highest BCUT2D eigenvalue weighted by molar-refractivity contribution is 5.92. The summed E-state index contributed by atoms with van der Waals surface area (Å²) >= 11 is 0. The van der Waals surface area contributed by atoms with E-state index in [2.05, 4.69) is 0 Å². The zero-order valence-electron chi connectivity index (χ0n) is 13.8. The number of benzene rings is 2. The van der Waals surface area contributed by atoms with Crippen molar-refractivity contribution in [1.82, 2.24) is 0 Å². The smallest absolute Gasteiger partial charge is 0.338 e. The zero-order valence-corrected chi connectivity index (χ0v) is 13.8. The van der Waals surface area contributed by atoms with Crippen LogP contribution in [-0.2, 0) is 14.3 Å². The Bertz CT molecular complexity index is 752. The third-order valence-corrected chi connectivity index (χ3v) is 3.19. The summed E-state index contributed by atoms with van der Waals surface area (Å²) in [7, 11) is 0. The third-order valence-electron chi connectivity index (χ3n) is 3.19. The quantitative estimate of drug-likeness (QED) is 0.476. The van der Waals surface area contributed by atoms with Crippen LogP contribution in [0.25, 0.3) is 6.08 Å². The average molecular weight is 340 g/mol. The van der Waals surface area contributed by atoms with E-state index in [0.717, 1.165) is 5.56 Å². The number of nitrogens with two attached hydrogens (primary N) is 2. The van der Waals surface area contributed by atoms with Crippen LogP contribution >= 0.6 is 0 Å². The van der Waals surface area contributed by atoms with Gasteiger partial charge in [0, 0.05) is 17.5 Å². The minimum Gasteiger partial charge on any atom is -0.459 e. The van der Waals surface area contributed by atoms with Crippen LogP contribution in [0.4, 0.5) is 11.4 Å². The van der Waals surface area contributed by atoms with E-state index in [9.17, 15) is 9.59 Å². The lowest BCUT2D eigenvalue weighted by Gasteiger charge is -2.13. The first kappa shape index (κ1) is 18.1. The number of ether oxygens (including phenoxy) is 2. The molecule has 1 atom stereocenters. The molecule has 0 amide bonds. The van der Waals surface area contributed by atoms with Gasteiger partial charge in [-0.25, -0.2) is 9.59 Å². The molecule has 0 fully saturated rings. The molecule has 4 N–H and O–H groups in total. The molecule has 0 bridgehead atoms. The van der Waals surface area contributed by atoms with Crippen molar-refractivity contribution >= 4 is 29.4 Å². The van der Waals surface area contributed by atoms with E-state index in [4.69, 9.17) is 20.9 Å². The van der Waals surface area contributed by atoms with Gasteiger partial charge in [0.25, 0.3) is 0 Å². The molecule has 2 aromatic rings. The summed E-state index contributed by atoms with van der Waals surface area (Å²) in [5.41, 5.74) is 13.2. The van der Waals surface area contributed by atoms with E-state index >= 15 is 0 Å². The number of carbonyl (C=O) groups is 2. The van der Waals surface area contributed by atoms with Crippen molar-refractivity contribution in [3.63, 3.8) is 0 Å². The summed E-state index contributed by atoms with van der Waals surface area (Å²) in [5, 5.41) is 0. The van der Waals surface area contributed by atoms with Gasteiger partial charge in [0.2, 0.25) is 0 Å². The fraction of sp³-hybridized carbons (Fsp3) is 0.158. The second kappa shape index (κ2) is 8.54. The Labute approximate surface area is 146 Å². The van der Waals surface area contributed by atoms with Gasteiger partial charge in [0.1, 0.15) is 12.7 Å². The van der Waals surface area contributed by atoms with Gasteiger partial charge in [-0.15, -0.1) is 0 Å². The molecule has 0 heterocycles. The van der Waals surface area contributed by atoms with Crippen molar-refractivity contribution in [2.24, 2.45) is 0 Å². The second-order valence-corrected chi connectivity index (χ2v) is 5.48. The topological polar surface area (TPSA) is 105 Å². The fourth-order valence-electron chi connectivity index (χ4n) is 2.06. The Balaban J connectivity index is 1.81. The van der Waals surface area contributed by atoms with Crippen LogP contribution in [0.15, 0.2) is 54.6 Å². The first-order valence-electron chi connectivity index (χ1n) is 7.71. The molecule has 0 aliphatic heterocycles. The molecule has 25 heavy (non-hydrogen) atoms. The number of rotatable bonds is 6. The maximum atomic E-state index is 12.0. The summed E-state index contributed by atoms with van der Waals surface area (Å²) in [6, 6.07) is 13.9. The van der Waals surface area contributed by atoms with Gasteiger partial charge in [0.15, 0.2) is 0 Å². The summed E-state index contributed by atoms with van der Waals surface area (Å²) < 4.78 is 10.3. The first-order valence-corrected chi connectivity index (χ1v) is 7.71. The van der Waals surface area contributed by atoms with Gasteiger partial charge in [0.05, 0.1) is 5.56 Å². The largest absolute Gasteiger partial charge is 0.459 e. The number of nitrogen functional groups attached to an aromatic ring is 2. The van der Waals surface area contributed by atoms with Crippen molar-refractivity contribution in [3.05, 3.63) is 65.7 Å². The second-order valence-electron chi connectivity index (χ2n) is 5.48. The maximum Gasteiger partial charge on any atom is 0.338 e. The molecule has 1 unspecified atom stereocenters. The number of carbonyl (C=O) groups excluding carboxylic acids is 2. The molecule has 2 aromatic carbocycles. The lowest BCUT2D eigenvalue weighted by atomic mass is 10.2. The van der Waals surface area contributed by atoms with Gasteiger partial charge >= 0.3 is 11.9 Å². The molecule has 0 aromatic heterocycles. The highest BCUT2D eigenvalue weighted by atomic mass is 16.6. The number of anilines is 2. The van der Waals surface area contributed by atoms with Crippen LogP contribution < -0.4 is 11.5 Å². The summed E-state index contributed by atoms with van der Waals surface area (Å²) in [5.74, 6) is -1.10. The van der Waals surface area contributed by atoms with Gasteiger partial charge < -0.3 is 20.9 Å². The van der Waals surface area contributed by atoms with E-state index in [1.165, 1.54) is 18.2 Å². The lowest BCUT2D eigenvalue weighted by molar-refractivity contribution is -0.140. The lowest BCUT2D eigenvalue weighted by Crippen LogP contribution is -2.22. The van der Waals surface area contributed by atoms with Crippen molar-refractivity contribution in [2.75, 3.05) is 18.1 Å². The predicted molar refractivity (Wildman–Crippen MR) is 96.6 cm³/mol. The zero-order chi connectivity index (χ0) is 18.2. The molecule has 130 valence electrons. The number of hydrogen-bond donors (Lipinski definition) is 2. The SMILES string of the molecule is CC(COC(=O)C=Cc1ccccc1)OC(=O)c1cc(N)cc(N)c1. The molecule has 0 spiro atoms. The van der Waals surface area contributed by atoms with Crippen molar-refractivity contribution in [1.29, 1.82) is 0 Å².